The van der Waals surface area contributed by atoms with Crippen molar-refractivity contribution < 1.29 is 4.79 Å². The molecule has 1 heteroatoms. The molecule has 2 aliphatic carbocycles. The van der Waals surface area contributed by atoms with Crippen molar-refractivity contribution in [3.05, 3.63) is 11.1 Å². The van der Waals surface area contributed by atoms with Crippen molar-refractivity contribution in [2.45, 2.75) is 39.5 Å². The van der Waals surface area contributed by atoms with E-state index in [4.69, 9.17) is 0 Å². The maximum atomic E-state index is 11.7. The van der Waals surface area contributed by atoms with Gasteiger partial charge in [-0.3, -0.25) is 4.79 Å². The predicted octanol–water partition coefficient (Wildman–Crippen LogP) is 2.71. The molecule has 0 bridgehead atoms. The Morgan fingerprint density at radius 1 is 1.08 bits per heavy atom. The van der Waals surface area contributed by atoms with E-state index in [2.05, 4.69) is 13.8 Å². The minimum Gasteiger partial charge on any atom is -0.294 e. The summed E-state index contributed by atoms with van der Waals surface area (Å²) in [5.74, 6) is 1.25. The van der Waals surface area contributed by atoms with Crippen molar-refractivity contribution in [1.82, 2.24) is 0 Å². The highest BCUT2D eigenvalue weighted by molar-refractivity contribution is 6.00. The normalized spacial score (nSPS) is 35.7. The Kier molecular flexibility index (Phi) is 1.82. The molecular weight excluding hydrogens is 148 g/mol. The monoisotopic (exact) mass is 164 g/mol. The molecule has 0 N–H and O–H groups in total. The Labute approximate surface area is 73.8 Å². The summed E-state index contributed by atoms with van der Waals surface area (Å²) < 4.78 is 0. The van der Waals surface area contributed by atoms with Crippen LogP contribution in [0.5, 0.6) is 0 Å². The molecule has 66 valence electrons. The van der Waals surface area contributed by atoms with Crippen LogP contribution in [0.2, 0.25) is 0 Å². The van der Waals surface area contributed by atoms with E-state index in [1.165, 1.54) is 30.4 Å². The van der Waals surface area contributed by atoms with Crippen LogP contribution in [0.15, 0.2) is 11.1 Å². The number of allylic oxidation sites excluding steroid dienone is 2. The second kappa shape index (κ2) is 2.72. The highest BCUT2D eigenvalue weighted by Crippen LogP contribution is 2.41. The van der Waals surface area contributed by atoms with Crippen LogP contribution in [0.3, 0.4) is 0 Å². The molecule has 0 amide bonds. The number of ketones is 1. The number of carbonyl (C=O) groups is 1. The minimum atomic E-state index is 0.271. The molecule has 12 heavy (non-hydrogen) atoms. The summed E-state index contributed by atoms with van der Waals surface area (Å²) in [6, 6.07) is 0. The Bertz CT molecular complexity index is 250. The molecule has 2 rings (SSSR count). The van der Waals surface area contributed by atoms with E-state index in [1.807, 2.05) is 0 Å². The highest BCUT2D eigenvalue weighted by Gasteiger charge is 2.36. The fourth-order valence-corrected chi connectivity index (χ4v) is 2.52. The average molecular weight is 164 g/mol. The van der Waals surface area contributed by atoms with Crippen LogP contribution in [0.4, 0.5) is 0 Å². The summed E-state index contributed by atoms with van der Waals surface area (Å²) in [5, 5.41) is 0. The summed E-state index contributed by atoms with van der Waals surface area (Å²) in [7, 11) is 0. The van der Waals surface area contributed by atoms with Crippen LogP contribution in [0.1, 0.15) is 39.5 Å². The molecule has 0 saturated heterocycles. The van der Waals surface area contributed by atoms with Gasteiger partial charge in [0.2, 0.25) is 0 Å². The zero-order valence-corrected chi connectivity index (χ0v) is 7.89. The van der Waals surface area contributed by atoms with Crippen molar-refractivity contribution in [1.29, 1.82) is 0 Å². The molecular formula is C11H16O. The maximum Gasteiger partial charge on any atom is 0.162 e. The first-order valence-electron chi connectivity index (χ1n) is 4.98. The first kappa shape index (κ1) is 8.03. The molecule has 2 aliphatic rings. The van der Waals surface area contributed by atoms with Crippen molar-refractivity contribution in [2.75, 3.05) is 0 Å². The van der Waals surface area contributed by atoms with E-state index in [1.54, 1.807) is 0 Å². The fourth-order valence-electron chi connectivity index (χ4n) is 2.52. The Balaban J connectivity index is 2.35. The summed E-state index contributed by atoms with van der Waals surface area (Å²) in [4.78, 5) is 11.7. The lowest BCUT2D eigenvalue weighted by Crippen LogP contribution is -2.10. The van der Waals surface area contributed by atoms with Crippen LogP contribution >= 0.6 is 0 Å². The van der Waals surface area contributed by atoms with Crippen LogP contribution in [-0.2, 0) is 4.79 Å². The van der Waals surface area contributed by atoms with Gasteiger partial charge in [0.1, 0.15) is 0 Å². The quantitative estimate of drug-likeness (QED) is 0.538. The zero-order valence-electron chi connectivity index (χ0n) is 7.89. The Hall–Kier alpha value is -0.590. The number of carbonyl (C=O) groups excluding carboxylic acids is 1. The lowest BCUT2D eigenvalue weighted by Gasteiger charge is -2.15. The molecule has 1 nitrogen and oxygen atoms in total. The van der Waals surface area contributed by atoms with Gasteiger partial charge in [-0.1, -0.05) is 19.4 Å². The molecule has 0 aromatic heterocycles. The summed E-state index contributed by atoms with van der Waals surface area (Å²) in [6.07, 6.45) is 4.77. The first-order valence-corrected chi connectivity index (χ1v) is 4.98. The lowest BCUT2D eigenvalue weighted by atomic mass is 9.89. The number of hydrogen-bond acceptors (Lipinski definition) is 1. The number of rotatable bonds is 0. The van der Waals surface area contributed by atoms with Gasteiger partial charge in [-0.05, 0) is 37.2 Å². The van der Waals surface area contributed by atoms with Gasteiger partial charge in [0.15, 0.2) is 5.78 Å². The molecule has 0 aliphatic heterocycles. The third-order valence-corrected chi connectivity index (χ3v) is 3.52. The van der Waals surface area contributed by atoms with E-state index >= 15 is 0 Å². The van der Waals surface area contributed by atoms with Crippen LogP contribution in [0.25, 0.3) is 0 Å². The summed E-state index contributed by atoms with van der Waals surface area (Å²) in [6.45, 7) is 4.28. The SMILES string of the molecule is C[C@H]1C(=O)C2=C(CCCC2)[C@@H]1C. The van der Waals surface area contributed by atoms with E-state index in [9.17, 15) is 4.79 Å². The molecule has 0 unspecified atom stereocenters. The van der Waals surface area contributed by atoms with Gasteiger partial charge in [0.25, 0.3) is 0 Å². The topological polar surface area (TPSA) is 17.1 Å². The first-order chi connectivity index (χ1) is 5.72. The fraction of sp³-hybridized carbons (Fsp3) is 0.727. The van der Waals surface area contributed by atoms with Crippen molar-refractivity contribution >= 4 is 5.78 Å². The van der Waals surface area contributed by atoms with E-state index < -0.39 is 0 Å². The third kappa shape index (κ3) is 0.954. The second-order valence-electron chi connectivity index (χ2n) is 4.15. The molecule has 0 spiro atoms. The molecule has 0 saturated carbocycles. The van der Waals surface area contributed by atoms with Gasteiger partial charge in [0.05, 0.1) is 0 Å². The van der Waals surface area contributed by atoms with Crippen molar-refractivity contribution in [3.63, 3.8) is 0 Å². The number of Topliss-reactive ketones (excluding diaryl/α,β-unsaturated/α-hetero) is 1. The summed E-state index contributed by atoms with van der Waals surface area (Å²) in [5.41, 5.74) is 2.68. The Morgan fingerprint density at radius 3 is 2.42 bits per heavy atom. The van der Waals surface area contributed by atoms with Gasteiger partial charge < -0.3 is 0 Å². The smallest absolute Gasteiger partial charge is 0.162 e. The predicted molar refractivity (Wildman–Crippen MR) is 48.8 cm³/mol. The molecule has 0 fully saturated rings. The lowest BCUT2D eigenvalue weighted by molar-refractivity contribution is -0.118. The van der Waals surface area contributed by atoms with E-state index in [0.29, 0.717) is 11.7 Å². The van der Waals surface area contributed by atoms with Crippen LogP contribution in [-0.4, -0.2) is 5.78 Å². The summed E-state index contributed by atoms with van der Waals surface area (Å²) >= 11 is 0. The standard InChI is InChI=1S/C11H16O/c1-7-8(2)11(12)10-6-4-3-5-9(7)10/h7-8H,3-6H2,1-2H3/t7-,8-/m1/s1. The molecule has 0 aromatic carbocycles. The molecule has 0 aromatic rings. The van der Waals surface area contributed by atoms with E-state index in [0.717, 1.165) is 6.42 Å². The van der Waals surface area contributed by atoms with Gasteiger partial charge in [-0.25, -0.2) is 0 Å². The van der Waals surface area contributed by atoms with Crippen LogP contribution < -0.4 is 0 Å². The maximum absolute atomic E-state index is 11.7. The van der Waals surface area contributed by atoms with Gasteiger partial charge in [0, 0.05) is 5.92 Å². The van der Waals surface area contributed by atoms with Gasteiger partial charge >= 0.3 is 0 Å². The third-order valence-electron chi connectivity index (χ3n) is 3.52. The Morgan fingerprint density at radius 2 is 1.75 bits per heavy atom. The van der Waals surface area contributed by atoms with Crippen molar-refractivity contribution in [2.24, 2.45) is 11.8 Å². The van der Waals surface area contributed by atoms with Crippen molar-refractivity contribution in [3.8, 4) is 0 Å². The average Bonchev–Trinajstić information content (AvgIpc) is 2.33. The van der Waals surface area contributed by atoms with Gasteiger partial charge in [-0.15, -0.1) is 0 Å². The minimum absolute atomic E-state index is 0.271. The van der Waals surface area contributed by atoms with Gasteiger partial charge in [-0.2, -0.15) is 0 Å². The van der Waals surface area contributed by atoms with Crippen LogP contribution in [0, 0.1) is 11.8 Å². The second-order valence-corrected chi connectivity index (χ2v) is 4.15. The number of hydrogen-bond donors (Lipinski definition) is 0. The zero-order chi connectivity index (χ0) is 8.72. The largest absolute Gasteiger partial charge is 0.294 e. The molecule has 0 radical (unpaired) electrons. The molecule has 2 atom stereocenters. The highest BCUT2D eigenvalue weighted by atomic mass is 16.1. The van der Waals surface area contributed by atoms with E-state index in [-0.39, 0.29) is 5.92 Å². The molecule has 0 heterocycles.